The predicted octanol–water partition coefficient (Wildman–Crippen LogP) is 2.77. The van der Waals surface area contributed by atoms with Crippen LogP contribution in [0.3, 0.4) is 0 Å². The zero-order valence-corrected chi connectivity index (χ0v) is 9.87. The molecule has 0 aromatic heterocycles. The summed E-state index contributed by atoms with van der Waals surface area (Å²) in [5.41, 5.74) is 0.781. The highest BCUT2D eigenvalue weighted by molar-refractivity contribution is 5.87. The Hall–Kier alpha value is -1.56. The average molecular weight is 261 g/mol. The number of aromatic carboxylic acids is 1. The van der Waals surface area contributed by atoms with Crippen LogP contribution >= 0.6 is 0 Å². The van der Waals surface area contributed by atoms with Crippen LogP contribution in [0.4, 0.5) is 13.2 Å². The third-order valence-electron chi connectivity index (χ3n) is 2.46. The lowest BCUT2D eigenvalue weighted by atomic mass is 10.1. The molecule has 0 aliphatic heterocycles. The van der Waals surface area contributed by atoms with Crippen LogP contribution in [-0.2, 0) is 6.54 Å². The lowest BCUT2D eigenvalue weighted by molar-refractivity contribution is -0.146. The third kappa shape index (κ3) is 4.75. The molecule has 1 aromatic carbocycles. The zero-order chi connectivity index (χ0) is 13.8. The number of rotatable bonds is 5. The second kappa shape index (κ2) is 5.86. The second-order valence-corrected chi connectivity index (χ2v) is 3.92. The highest BCUT2D eigenvalue weighted by atomic mass is 19.4. The van der Waals surface area contributed by atoms with Crippen molar-refractivity contribution in [3.05, 3.63) is 35.4 Å². The number of hydrogen-bond donors (Lipinski definition) is 1. The fourth-order valence-electron chi connectivity index (χ4n) is 1.54. The Morgan fingerprint density at radius 3 is 2.22 bits per heavy atom. The number of benzene rings is 1. The van der Waals surface area contributed by atoms with Crippen LogP contribution in [0.2, 0.25) is 0 Å². The summed E-state index contributed by atoms with van der Waals surface area (Å²) in [6, 6.07) is 5.84. The van der Waals surface area contributed by atoms with Gasteiger partial charge < -0.3 is 5.11 Å². The van der Waals surface area contributed by atoms with E-state index in [-0.39, 0.29) is 18.7 Å². The molecule has 0 aliphatic rings. The maximum absolute atomic E-state index is 12.2. The lowest BCUT2D eigenvalue weighted by Crippen LogP contribution is -2.33. The van der Waals surface area contributed by atoms with Crippen molar-refractivity contribution in [2.45, 2.75) is 19.6 Å². The van der Waals surface area contributed by atoms with Crippen molar-refractivity contribution >= 4 is 5.97 Å². The monoisotopic (exact) mass is 261 g/mol. The van der Waals surface area contributed by atoms with Crippen LogP contribution < -0.4 is 0 Å². The van der Waals surface area contributed by atoms with Gasteiger partial charge in [0, 0.05) is 6.54 Å². The van der Waals surface area contributed by atoms with Crippen molar-refractivity contribution in [2.75, 3.05) is 13.1 Å². The summed E-state index contributed by atoms with van der Waals surface area (Å²) in [5, 5.41) is 8.70. The van der Waals surface area contributed by atoms with Gasteiger partial charge in [0.15, 0.2) is 0 Å². The molecule has 0 amide bonds. The lowest BCUT2D eigenvalue weighted by Gasteiger charge is -2.21. The average Bonchev–Trinajstić information content (AvgIpc) is 2.27. The summed E-state index contributed by atoms with van der Waals surface area (Å²) in [5.74, 6) is -1.05. The van der Waals surface area contributed by atoms with Crippen LogP contribution in [0.1, 0.15) is 22.8 Å². The van der Waals surface area contributed by atoms with E-state index in [4.69, 9.17) is 5.11 Å². The summed E-state index contributed by atoms with van der Waals surface area (Å²) >= 11 is 0. The van der Waals surface area contributed by atoms with Crippen molar-refractivity contribution in [3.63, 3.8) is 0 Å². The van der Waals surface area contributed by atoms with Crippen LogP contribution in [0.5, 0.6) is 0 Å². The van der Waals surface area contributed by atoms with Gasteiger partial charge >= 0.3 is 12.1 Å². The smallest absolute Gasteiger partial charge is 0.401 e. The fourth-order valence-corrected chi connectivity index (χ4v) is 1.54. The Labute approximate surface area is 103 Å². The van der Waals surface area contributed by atoms with Crippen molar-refractivity contribution in [2.24, 2.45) is 0 Å². The molecule has 18 heavy (non-hydrogen) atoms. The summed E-state index contributed by atoms with van der Waals surface area (Å²) in [4.78, 5) is 11.9. The molecule has 0 unspecified atom stereocenters. The van der Waals surface area contributed by atoms with Crippen LogP contribution in [0.15, 0.2) is 24.3 Å². The van der Waals surface area contributed by atoms with Gasteiger partial charge in [-0.15, -0.1) is 0 Å². The Balaban J connectivity index is 2.67. The van der Waals surface area contributed by atoms with E-state index in [0.717, 1.165) is 0 Å². The Kier molecular flexibility index (Phi) is 4.72. The fraction of sp³-hybridized carbons (Fsp3) is 0.417. The van der Waals surface area contributed by atoms with E-state index in [9.17, 15) is 18.0 Å². The number of nitrogens with zero attached hydrogens (tertiary/aromatic N) is 1. The van der Waals surface area contributed by atoms with Gasteiger partial charge in [0.25, 0.3) is 0 Å². The van der Waals surface area contributed by atoms with Gasteiger partial charge in [0.1, 0.15) is 0 Å². The first-order valence-corrected chi connectivity index (χ1v) is 5.43. The van der Waals surface area contributed by atoms with Crippen molar-refractivity contribution in [1.82, 2.24) is 4.90 Å². The van der Waals surface area contributed by atoms with E-state index in [0.29, 0.717) is 5.56 Å². The molecule has 0 bridgehead atoms. The molecule has 0 atom stereocenters. The molecule has 0 saturated heterocycles. The first-order valence-electron chi connectivity index (χ1n) is 5.43. The molecule has 100 valence electrons. The minimum atomic E-state index is -4.23. The number of hydrogen-bond acceptors (Lipinski definition) is 2. The number of carbonyl (C=O) groups is 1. The van der Waals surface area contributed by atoms with Gasteiger partial charge in [-0.05, 0) is 24.2 Å². The van der Waals surface area contributed by atoms with Crippen LogP contribution in [0, 0.1) is 0 Å². The first-order chi connectivity index (χ1) is 8.31. The number of halogens is 3. The van der Waals surface area contributed by atoms with Crippen molar-refractivity contribution < 1.29 is 23.1 Å². The number of carboxylic acids is 1. The standard InChI is InChI=1S/C12H14F3NO2/c1-2-16(8-12(13,14)15)7-9-3-5-10(6-4-9)11(17)18/h3-6H,2,7-8H2,1H3,(H,17,18). The van der Waals surface area contributed by atoms with Gasteiger partial charge in [-0.2, -0.15) is 13.2 Å². The summed E-state index contributed by atoms with van der Waals surface area (Å²) in [6.45, 7) is 1.11. The SMILES string of the molecule is CCN(Cc1ccc(C(=O)O)cc1)CC(F)(F)F. The number of alkyl halides is 3. The van der Waals surface area contributed by atoms with Crippen LogP contribution in [-0.4, -0.2) is 35.2 Å². The Morgan fingerprint density at radius 1 is 1.28 bits per heavy atom. The van der Waals surface area contributed by atoms with E-state index >= 15 is 0 Å². The van der Waals surface area contributed by atoms with Gasteiger partial charge in [-0.25, -0.2) is 4.79 Å². The summed E-state index contributed by atoms with van der Waals surface area (Å²) < 4.78 is 36.7. The highest BCUT2D eigenvalue weighted by Crippen LogP contribution is 2.18. The molecule has 1 N–H and O–H groups in total. The maximum atomic E-state index is 12.2. The minimum Gasteiger partial charge on any atom is -0.478 e. The van der Waals surface area contributed by atoms with E-state index in [1.807, 2.05) is 0 Å². The molecular weight excluding hydrogens is 247 g/mol. The topological polar surface area (TPSA) is 40.5 Å². The zero-order valence-electron chi connectivity index (χ0n) is 9.87. The van der Waals surface area contributed by atoms with E-state index in [1.54, 1.807) is 6.92 Å². The third-order valence-corrected chi connectivity index (χ3v) is 2.46. The molecule has 0 spiro atoms. The molecule has 6 heteroatoms. The maximum Gasteiger partial charge on any atom is 0.401 e. The number of carboxylic acid groups (broad SMARTS) is 1. The Morgan fingerprint density at radius 2 is 1.83 bits per heavy atom. The van der Waals surface area contributed by atoms with Gasteiger partial charge in [0.2, 0.25) is 0 Å². The molecule has 0 aliphatic carbocycles. The molecule has 0 fully saturated rings. The molecule has 3 nitrogen and oxygen atoms in total. The second-order valence-electron chi connectivity index (χ2n) is 3.92. The highest BCUT2D eigenvalue weighted by Gasteiger charge is 2.29. The molecule has 0 heterocycles. The van der Waals surface area contributed by atoms with Crippen molar-refractivity contribution in [3.8, 4) is 0 Å². The van der Waals surface area contributed by atoms with Gasteiger partial charge in [-0.3, -0.25) is 4.90 Å². The minimum absolute atomic E-state index is 0.123. The van der Waals surface area contributed by atoms with E-state index in [1.165, 1.54) is 29.2 Å². The van der Waals surface area contributed by atoms with Crippen LogP contribution in [0.25, 0.3) is 0 Å². The first kappa shape index (κ1) is 14.5. The summed E-state index contributed by atoms with van der Waals surface area (Å²) in [7, 11) is 0. The molecule has 0 saturated carbocycles. The molecule has 0 radical (unpaired) electrons. The van der Waals surface area contributed by atoms with E-state index in [2.05, 4.69) is 0 Å². The predicted molar refractivity (Wildman–Crippen MR) is 60.4 cm³/mol. The quantitative estimate of drug-likeness (QED) is 0.886. The largest absolute Gasteiger partial charge is 0.478 e. The molecule has 1 aromatic rings. The van der Waals surface area contributed by atoms with Gasteiger partial charge in [0.05, 0.1) is 12.1 Å². The van der Waals surface area contributed by atoms with Gasteiger partial charge in [-0.1, -0.05) is 19.1 Å². The Bertz CT molecular complexity index is 401. The summed E-state index contributed by atoms with van der Waals surface area (Å²) in [6.07, 6.45) is -4.23. The molecule has 1 rings (SSSR count). The normalized spacial score (nSPS) is 11.8. The molecular formula is C12H14F3NO2. The van der Waals surface area contributed by atoms with E-state index < -0.39 is 18.7 Å². The van der Waals surface area contributed by atoms with Crippen molar-refractivity contribution in [1.29, 1.82) is 0 Å².